The van der Waals surface area contributed by atoms with Crippen LogP contribution in [-0.4, -0.2) is 44.1 Å². The van der Waals surface area contributed by atoms with Gasteiger partial charge in [0.05, 0.1) is 12.5 Å². The molecule has 1 aromatic rings. The number of rotatable bonds is 4. The molecule has 1 aromatic heterocycles. The lowest BCUT2D eigenvalue weighted by atomic mass is 10.2. The average molecular weight is 250 g/mol. The number of furan rings is 1. The number of aliphatic imine (C=N–C) groups is 1. The Kier molecular flexibility index (Phi) is 4.64. The molecule has 1 aliphatic rings. The number of hydrogen-bond donors (Lipinski definition) is 2. The minimum Gasteiger partial charge on any atom is -0.472 e. The Morgan fingerprint density at radius 3 is 3.06 bits per heavy atom. The second kappa shape index (κ2) is 6.44. The van der Waals surface area contributed by atoms with Crippen LogP contribution in [0.1, 0.15) is 18.4 Å². The van der Waals surface area contributed by atoms with E-state index in [1.54, 1.807) is 19.6 Å². The molecule has 100 valence electrons. The highest BCUT2D eigenvalue weighted by molar-refractivity contribution is 5.79. The van der Waals surface area contributed by atoms with Gasteiger partial charge in [0.15, 0.2) is 5.96 Å². The Labute approximate surface area is 108 Å². The molecular formula is C13H22N4O. The second-order valence-electron chi connectivity index (χ2n) is 4.71. The molecule has 18 heavy (non-hydrogen) atoms. The van der Waals surface area contributed by atoms with Crippen LogP contribution >= 0.6 is 0 Å². The Morgan fingerprint density at radius 2 is 2.44 bits per heavy atom. The van der Waals surface area contributed by atoms with Crippen molar-refractivity contribution in [1.29, 1.82) is 0 Å². The lowest BCUT2D eigenvalue weighted by molar-refractivity contribution is 0.309. The molecule has 5 nitrogen and oxygen atoms in total. The van der Waals surface area contributed by atoms with Gasteiger partial charge < -0.3 is 20.0 Å². The molecule has 0 radical (unpaired) electrons. The summed E-state index contributed by atoms with van der Waals surface area (Å²) in [4.78, 5) is 6.62. The van der Waals surface area contributed by atoms with Gasteiger partial charge in [-0.25, -0.2) is 0 Å². The summed E-state index contributed by atoms with van der Waals surface area (Å²) < 4.78 is 5.03. The van der Waals surface area contributed by atoms with E-state index in [0.717, 1.165) is 24.6 Å². The van der Waals surface area contributed by atoms with E-state index in [-0.39, 0.29) is 0 Å². The van der Waals surface area contributed by atoms with Gasteiger partial charge in [-0.05, 0) is 32.5 Å². The minimum atomic E-state index is 0.623. The molecule has 1 fully saturated rings. The van der Waals surface area contributed by atoms with Crippen molar-refractivity contribution in [1.82, 2.24) is 15.5 Å². The van der Waals surface area contributed by atoms with Crippen molar-refractivity contribution >= 4 is 5.96 Å². The van der Waals surface area contributed by atoms with Crippen molar-refractivity contribution in [2.24, 2.45) is 4.99 Å². The summed E-state index contributed by atoms with van der Waals surface area (Å²) in [5.41, 5.74) is 1.12. The lowest BCUT2D eigenvalue weighted by Crippen LogP contribution is -2.43. The first kappa shape index (κ1) is 13.0. The molecule has 0 aromatic carbocycles. The Bertz CT molecular complexity index is 374. The normalized spacial score (nSPS) is 21.2. The van der Waals surface area contributed by atoms with Crippen molar-refractivity contribution < 1.29 is 4.42 Å². The summed E-state index contributed by atoms with van der Waals surface area (Å²) in [5, 5.41) is 6.64. The number of likely N-dealkylation sites (N-methyl/N-ethyl adjacent to an activating group) is 1. The maximum absolute atomic E-state index is 5.03. The molecule has 0 aliphatic carbocycles. The summed E-state index contributed by atoms with van der Waals surface area (Å²) >= 11 is 0. The second-order valence-corrected chi connectivity index (χ2v) is 4.71. The number of hydrogen-bond acceptors (Lipinski definition) is 3. The molecule has 1 unspecified atom stereocenters. The summed E-state index contributed by atoms with van der Waals surface area (Å²) in [5.74, 6) is 0.844. The summed E-state index contributed by atoms with van der Waals surface area (Å²) in [7, 11) is 3.98. The van der Waals surface area contributed by atoms with Crippen LogP contribution < -0.4 is 10.6 Å². The third-order valence-corrected chi connectivity index (χ3v) is 3.44. The molecule has 1 saturated heterocycles. The number of likely N-dealkylation sites (tertiary alicyclic amines) is 1. The molecular weight excluding hydrogens is 228 g/mol. The van der Waals surface area contributed by atoms with Gasteiger partial charge in [0.25, 0.3) is 0 Å². The predicted octanol–water partition coefficient (Wildman–Crippen LogP) is 1.04. The summed E-state index contributed by atoms with van der Waals surface area (Å²) in [6, 6.07) is 2.57. The monoisotopic (exact) mass is 250 g/mol. The van der Waals surface area contributed by atoms with Gasteiger partial charge in [-0.2, -0.15) is 0 Å². The van der Waals surface area contributed by atoms with E-state index >= 15 is 0 Å². The Balaban J connectivity index is 1.72. The smallest absolute Gasteiger partial charge is 0.191 e. The number of nitrogens with zero attached hydrogens (tertiary/aromatic N) is 2. The van der Waals surface area contributed by atoms with Gasteiger partial charge in [0, 0.05) is 31.7 Å². The fourth-order valence-corrected chi connectivity index (χ4v) is 2.25. The van der Waals surface area contributed by atoms with Crippen LogP contribution in [0.4, 0.5) is 0 Å². The molecule has 2 N–H and O–H groups in total. The molecule has 0 spiro atoms. The first-order chi connectivity index (χ1) is 8.79. The molecule has 5 heteroatoms. The van der Waals surface area contributed by atoms with E-state index in [0.29, 0.717) is 6.04 Å². The van der Waals surface area contributed by atoms with Crippen molar-refractivity contribution in [3.05, 3.63) is 24.2 Å². The lowest BCUT2D eigenvalue weighted by Gasteiger charge is -2.21. The number of nitrogens with one attached hydrogen (secondary N) is 2. The van der Waals surface area contributed by atoms with Crippen molar-refractivity contribution in [3.63, 3.8) is 0 Å². The SMILES string of the molecule is CN=C(NCc1ccoc1)NCC1CCCN1C. The van der Waals surface area contributed by atoms with Crippen LogP contribution in [0, 0.1) is 0 Å². The minimum absolute atomic E-state index is 0.623. The van der Waals surface area contributed by atoms with Gasteiger partial charge in [0.1, 0.15) is 0 Å². The molecule has 2 rings (SSSR count). The number of guanidine groups is 1. The van der Waals surface area contributed by atoms with E-state index < -0.39 is 0 Å². The summed E-state index contributed by atoms with van der Waals surface area (Å²) in [6.07, 6.45) is 5.98. The maximum Gasteiger partial charge on any atom is 0.191 e. The van der Waals surface area contributed by atoms with Crippen LogP contribution in [0.25, 0.3) is 0 Å². The average Bonchev–Trinajstić information content (AvgIpc) is 3.01. The Morgan fingerprint density at radius 1 is 1.56 bits per heavy atom. The Hall–Kier alpha value is -1.49. The van der Waals surface area contributed by atoms with E-state index in [1.807, 2.05) is 6.07 Å². The molecule has 1 atom stereocenters. The largest absolute Gasteiger partial charge is 0.472 e. The van der Waals surface area contributed by atoms with E-state index in [9.17, 15) is 0 Å². The molecule has 0 saturated carbocycles. The van der Waals surface area contributed by atoms with Gasteiger partial charge in [-0.1, -0.05) is 0 Å². The first-order valence-corrected chi connectivity index (χ1v) is 6.45. The molecule has 0 bridgehead atoms. The van der Waals surface area contributed by atoms with Crippen molar-refractivity contribution in [2.75, 3.05) is 27.2 Å². The predicted molar refractivity (Wildman–Crippen MR) is 72.6 cm³/mol. The third-order valence-electron chi connectivity index (χ3n) is 3.44. The van der Waals surface area contributed by atoms with Gasteiger partial charge >= 0.3 is 0 Å². The highest BCUT2D eigenvalue weighted by Gasteiger charge is 2.20. The van der Waals surface area contributed by atoms with Crippen LogP contribution in [0.5, 0.6) is 0 Å². The standard InChI is InChI=1S/C13H22N4O/c1-14-13(15-8-11-5-7-18-10-11)16-9-12-4-3-6-17(12)2/h5,7,10,12H,3-4,6,8-9H2,1-2H3,(H2,14,15,16). The van der Waals surface area contributed by atoms with E-state index in [2.05, 4.69) is 27.6 Å². The quantitative estimate of drug-likeness (QED) is 0.619. The van der Waals surface area contributed by atoms with Crippen LogP contribution in [0.15, 0.2) is 28.0 Å². The summed E-state index contributed by atoms with van der Waals surface area (Å²) in [6.45, 7) is 2.88. The molecule has 0 amide bonds. The van der Waals surface area contributed by atoms with Crippen LogP contribution in [0.2, 0.25) is 0 Å². The maximum atomic E-state index is 5.03. The fourth-order valence-electron chi connectivity index (χ4n) is 2.25. The van der Waals surface area contributed by atoms with Crippen LogP contribution in [0.3, 0.4) is 0 Å². The zero-order chi connectivity index (χ0) is 12.8. The molecule has 1 aliphatic heterocycles. The van der Waals surface area contributed by atoms with E-state index in [4.69, 9.17) is 4.42 Å². The van der Waals surface area contributed by atoms with Crippen LogP contribution in [-0.2, 0) is 6.54 Å². The molecule has 2 heterocycles. The third kappa shape index (κ3) is 3.50. The van der Waals surface area contributed by atoms with E-state index in [1.165, 1.54) is 19.4 Å². The fraction of sp³-hybridized carbons (Fsp3) is 0.615. The van der Waals surface area contributed by atoms with Crippen molar-refractivity contribution in [3.8, 4) is 0 Å². The van der Waals surface area contributed by atoms with Crippen molar-refractivity contribution in [2.45, 2.75) is 25.4 Å². The zero-order valence-corrected chi connectivity index (χ0v) is 11.1. The zero-order valence-electron chi connectivity index (χ0n) is 11.1. The van der Waals surface area contributed by atoms with Gasteiger partial charge in [0.2, 0.25) is 0 Å². The van der Waals surface area contributed by atoms with Gasteiger partial charge in [-0.15, -0.1) is 0 Å². The van der Waals surface area contributed by atoms with Gasteiger partial charge in [-0.3, -0.25) is 4.99 Å². The highest BCUT2D eigenvalue weighted by Crippen LogP contribution is 2.13. The highest BCUT2D eigenvalue weighted by atomic mass is 16.3. The topological polar surface area (TPSA) is 52.8 Å². The first-order valence-electron chi connectivity index (χ1n) is 6.45.